The van der Waals surface area contributed by atoms with Crippen molar-refractivity contribution in [3.8, 4) is 0 Å². The van der Waals surface area contributed by atoms with Crippen LogP contribution < -0.4 is 5.32 Å². The van der Waals surface area contributed by atoms with Crippen molar-refractivity contribution in [1.29, 1.82) is 0 Å². The number of hydrogen-bond donors (Lipinski definition) is 1. The number of alkyl halides is 3. The molecule has 1 unspecified atom stereocenters. The van der Waals surface area contributed by atoms with Gasteiger partial charge in [-0.3, -0.25) is 9.67 Å². The molecule has 1 saturated heterocycles. The number of rotatable bonds is 4. The molecule has 0 bridgehead atoms. The molecule has 0 amide bonds. The Balaban J connectivity index is 1.40. The molecule has 1 aliphatic heterocycles. The van der Waals surface area contributed by atoms with Crippen LogP contribution in [-0.4, -0.2) is 47.3 Å². The van der Waals surface area contributed by atoms with Gasteiger partial charge in [-0.2, -0.15) is 18.3 Å². The summed E-state index contributed by atoms with van der Waals surface area (Å²) in [6.45, 7) is 2.35. The minimum atomic E-state index is -4.31. The maximum Gasteiger partial charge on any atom is 0.416 e. The number of guanidine groups is 1. The summed E-state index contributed by atoms with van der Waals surface area (Å²) in [6.07, 6.45) is 2.46. The fourth-order valence-corrected chi connectivity index (χ4v) is 4.20. The molecule has 29 heavy (non-hydrogen) atoms. The number of nitrogens with one attached hydrogen (secondary N) is 1. The number of aryl methyl sites for hydroxylation is 1. The average Bonchev–Trinajstić information content (AvgIpc) is 3.10. The van der Waals surface area contributed by atoms with Crippen molar-refractivity contribution < 1.29 is 13.2 Å². The second-order valence-electron chi connectivity index (χ2n) is 8.14. The van der Waals surface area contributed by atoms with Gasteiger partial charge in [0, 0.05) is 51.3 Å². The molecular formula is C21H26F3N5. The van der Waals surface area contributed by atoms with E-state index in [0.717, 1.165) is 49.9 Å². The highest BCUT2D eigenvalue weighted by atomic mass is 19.4. The standard InChI is InChI=1S/C21H26F3N5/c1-25-19(29-9-6-15(13-29)16-11-27-28(2)12-16)26-14-20(7-8-20)17-4-3-5-18(10-17)21(22,23)24/h3-5,10-12,15H,6-9,13-14H2,1-2H3,(H,25,26). The van der Waals surface area contributed by atoms with Crippen molar-refractivity contribution in [1.82, 2.24) is 20.0 Å². The van der Waals surface area contributed by atoms with E-state index in [1.807, 2.05) is 17.9 Å². The first-order chi connectivity index (χ1) is 13.8. The van der Waals surface area contributed by atoms with Crippen LogP contribution in [0.3, 0.4) is 0 Å². The predicted molar refractivity (Wildman–Crippen MR) is 106 cm³/mol. The van der Waals surface area contributed by atoms with Gasteiger partial charge in [0.25, 0.3) is 0 Å². The van der Waals surface area contributed by atoms with E-state index in [4.69, 9.17) is 0 Å². The Labute approximate surface area is 168 Å². The summed E-state index contributed by atoms with van der Waals surface area (Å²) in [5, 5.41) is 7.68. The number of aliphatic imine (C=N–C) groups is 1. The molecule has 5 nitrogen and oxygen atoms in total. The highest BCUT2D eigenvalue weighted by Crippen LogP contribution is 2.48. The largest absolute Gasteiger partial charge is 0.416 e. The van der Waals surface area contributed by atoms with Crippen molar-refractivity contribution in [2.75, 3.05) is 26.7 Å². The Kier molecular flexibility index (Phi) is 5.04. The summed E-state index contributed by atoms with van der Waals surface area (Å²) in [4.78, 5) is 6.64. The summed E-state index contributed by atoms with van der Waals surface area (Å²) in [5.41, 5.74) is 1.17. The van der Waals surface area contributed by atoms with Crippen molar-refractivity contribution >= 4 is 5.96 Å². The minimum absolute atomic E-state index is 0.236. The van der Waals surface area contributed by atoms with E-state index < -0.39 is 11.7 Å². The van der Waals surface area contributed by atoms with Crippen LogP contribution in [0.1, 0.15) is 41.9 Å². The van der Waals surface area contributed by atoms with Crippen molar-refractivity contribution in [3.05, 3.63) is 53.3 Å². The minimum Gasteiger partial charge on any atom is -0.355 e. The number of benzene rings is 1. The molecule has 8 heteroatoms. The van der Waals surface area contributed by atoms with E-state index in [9.17, 15) is 13.2 Å². The van der Waals surface area contributed by atoms with Gasteiger partial charge in [-0.05, 0) is 36.5 Å². The first-order valence-electron chi connectivity index (χ1n) is 9.93. The molecule has 0 radical (unpaired) electrons. The van der Waals surface area contributed by atoms with Crippen molar-refractivity contribution in [2.24, 2.45) is 12.0 Å². The average molecular weight is 405 g/mol. The molecule has 1 aromatic carbocycles. The lowest BCUT2D eigenvalue weighted by Crippen LogP contribution is -2.43. The van der Waals surface area contributed by atoms with Crippen LogP contribution in [0.25, 0.3) is 0 Å². The lowest BCUT2D eigenvalue weighted by atomic mass is 9.94. The number of nitrogens with zero attached hydrogens (tertiary/aromatic N) is 4. The maximum absolute atomic E-state index is 13.1. The third kappa shape index (κ3) is 4.11. The first kappa shape index (κ1) is 19.8. The van der Waals surface area contributed by atoms with Gasteiger partial charge in [0.05, 0.1) is 11.8 Å². The summed E-state index contributed by atoms with van der Waals surface area (Å²) in [7, 11) is 3.67. The van der Waals surface area contributed by atoms with Gasteiger partial charge in [-0.1, -0.05) is 18.2 Å². The lowest BCUT2D eigenvalue weighted by Gasteiger charge is -2.25. The number of aromatic nitrogens is 2. The summed E-state index contributed by atoms with van der Waals surface area (Å²) < 4.78 is 41.1. The summed E-state index contributed by atoms with van der Waals surface area (Å²) in [5.74, 6) is 1.23. The fraction of sp³-hybridized carbons (Fsp3) is 0.524. The van der Waals surface area contributed by atoms with Gasteiger partial charge >= 0.3 is 6.18 Å². The zero-order valence-corrected chi connectivity index (χ0v) is 16.7. The third-order valence-electron chi connectivity index (χ3n) is 6.14. The second kappa shape index (κ2) is 7.39. The molecule has 2 heterocycles. The smallest absolute Gasteiger partial charge is 0.355 e. The Morgan fingerprint density at radius 1 is 1.34 bits per heavy atom. The SMILES string of the molecule is CN=C(NCC1(c2cccc(C(F)(F)F)c2)CC1)N1CCC(c2cnn(C)c2)C1. The molecule has 0 spiro atoms. The topological polar surface area (TPSA) is 45.5 Å². The van der Waals surface area contributed by atoms with Gasteiger partial charge < -0.3 is 10.2 Å². The van der Waals surface area contributed by atoms with Gasteiger partial charge in [0.15, 0.2) is 5.96 Å². The fourth-order valence-electron chi connectivity index (χ4n) is 4.20. The van der Waals surface area contributed by atoms with Gasteiger partial charge in [0.1, 0.15) is 0 Å². The van der Waals surface area contributed by atoms with Crippen molar-refractivity contribution in [2.45, 2.75) is 36.8 Å². The highest BCUT2D eigenvalue weighted by Gasteiger charge is 2.45. The van der Waals surface area contributed by atoms with E-state index >= 15 is 0 Å². The quantitative estimate of drug-likeness (QED) is 0.625. The molecule has 4 rings (SSSR count). The molecular weight excluding hydrogens is 379 g/mol. The van der Waals surface area contributed by atoms with Crippen molar-refractivity contribution in [3.63, 3.8) is 0 Å². The molecule has 156 valence electrons. The van der Waals surface area contributed by atoms with E-state index in [0.29, 0.717) is 12.5 Å². The Morgan fingerprint density at radius 3 is 2.76 bits per heavy atom. The van der Waals surface area contributed by atoms with E-state index in [1.165, 1.54) is 17.7 Å². The van der Waals surface area contributed by atoms with Crippen LogP contribution in [0.2, 0.25) is 0 Å². The molecule has 1 aromatic heterocycles. The Hall–Kier alpha value is -2.51. The number of hydrogen-bond acceptors (Lipinski definition) is 2. The van der Waals surface area contributed by atoms with Crippen LogP contribution in [0, 0.1) is 0 Å². The van der Waals surface area contributed by atoms with Crippen LogP contribution in [0.5, 0.6) is 0 Å². The van der Waals surface area contributed by atoms with E-state index in [1.54, 1.807) is 13.1 Å². The first-order valence-corrected chi connectivity index (χ1v) is 9.93. The summed E-state index contributed by atoms with van der Waals surface area (Å²) >= 11 is 0. The van der Waals surface area contributed by atoms with Crippen LogP contribution in [0.15, 0.2) is 41.7 Å². The maximum atomic E-state index is 13.1. The molecule has 2 aliphatic rings. The van der Waals surface area contributed by atoms with Gasteiger partial charge in [-0.15, -0.1) is 0 Å². The predicted octanol–water partition coefficient (Wildman–Crippen LogP) is 3.54. The van der Waals surface area contributed by atoms with Gasteiger partial charge in [0.2, 0.25) is 0 Å². The molecule has 1 atom stereocenters. The van der Waals surface area contributed by atoms with Crippen LogP contribution in [-0.2, 0) is 18.6 Å². The van der Waals surface area contributed by atoms with Gasteiger partial charge in [-0.25, -0.2) is 0 Å². The molecule has 2 fully saturated rings. The van der Waals surface area contributed by atoms with Crippen LogP contribution in [0.4, 0.5) is 13.2 Å². The zero-order chi connectivity index (χ0) is 20.6. The van der Waals surface area contributed by atoms with Crippen LogP contribution >= 0.6 is 0 Å². The number of likely N-dealkylation sites (tertiary alicyclic amines) is 1. The molecule has 1 N–H and O–H groups in total. The third-order valence-corrected chi connectivity index (χ3v) is 6.14. The Bertz CT molecular complexity index is 898. The lowest BCUT2D eigenvalue weighted by molar-refractivity contribution is -0.137. The second-order valence-corrected chi connectivity index (χ2v) is 8.14. The molecule has 1 aliphatic carbocycles. The molecule has 2 aromatic rings. The van der Waals surface area contributed by atoms with E-state index in [2.05, 4.69) is 26.5 Å². The number of halogens is 3. The molecule has 1 saturated carbocycles. The normalized spacial score (nSPS) is 21.5. The zero-order valence-electron chi connectivity index (χ0n) is 16.7. The highest BCUT2D eigenvalue weighted by molar-refractivity contribution is 5.80. The summed E-state index contributed by atoms with van der Waals surface area (Å²) in [6, 6.07) is 5.74. The van der Waals surface area contributed by atoms with E-state index in [-0.39, 0.29) is 5.41 Å². The Morgan fingerprint density at radius 2 is 2.14 bits per heavy atom. The monoisotopic (exact) mass is 405 g/mol.